The van der Waals surface area contributed by atoms with E-state index in [2.05, 4.69) is 5.32 Å². The third-order valence-electron chi connectivity index (χ3n) is 6.65. The van der Waals surface area contributed by atoms with Crippen molar-refractivity contribution in [1.82, 2.24) is 5.32 Å². The van der Waals surface area contributed by atoms with Crippen molar-refractivity contribution >= 4 is 17.7 Å². The Bertz CT molecular complexity index is 1040. The molecule has 4 rings (SSSR count). The molecule has 0 bridgehead atoms. The zero-order chi connectivity index (χ0) is 24.1. The van der Waals surface area contributed by atoms with Gasteiger partial charge in [-0.15, -0.1) is 0 Å². The molecule has 2 aliphatic rings. The molecule has 2 fully saturated rings. The van der Waals surface area contributed by atoms with Crippen LogP contribution in [0.1, 0.15) is 83.6 Å². The van der Waals surface area contributed by atoms with Crippen molar-refractivity contribution in [2.75, 3.05) is 6.54 Å². The van der Waals surface area contributed by atoms with Crippen LogP contribution >= 0.6 is 0 Å². The number of aliphatic carboxylic acids is 1. The Morgan fingerprint density at radius 3 is 2.24 bits per heavy atom. The highest BCUT2D eigenvalue weighted by molar-refractivity contribution is 5.96. The number of amides is 1. The molecule has 2 N–H and O–H groups in total. The van der Waals surface area contributed by atoms with Gasteiger partial charge in [0.05, 0.1) is 12.0 Å². The normalized spacial score (nSPS) is 19.9. The molecule has 0 heterocycles. The second-order valence-corrected chi connectivity index (χ2v) is 9.25. The summed E-state index contributed by atoms with van der Waals surface area (Å²) in [5.74, 6) is -0.748. The minimum Gasteiger partial charge on any atom is -0.490 e. The molecule has 0 saturated heterocycles. The first kappa shape index (κ1) is 23.9. The molecule has 2 aromatic rings. The van der Waals surface area contributed by atoms with E-state index < -0.39 is 5.97 Å². The highest BCUT2D eigenvalue weighted by atomic mass is 19.1. The minimum atomic E-state index is -0.739. The van der Waals surface area contributed by atoms with E-state index in [1.165, 1.54) is 6.07 Å². The molecule has 0 radical (unpaired) electrons. The number of hydrogen-bond acceptors (Lipinski definition) is 4. The Hall–Kier alpha value is -3.22. The van der Waals surface area contributed by atoms with Gasteiger partial charge < -0.3 is 15.2 Å². The van der Waals surface area contributed by atoms with Crippen LogP contribution in [0.5, 0.6) is 5.75 Å². The lowest BCUT2D eigenvalue weighted by Crippen LogP contribution is -2.27. The second kappa shape index (κ2) is 10.8. The second-order valence-electron chi connectivity index (χ2n) is 9.25. The Kier molecular flexibility index (Phi) is 7.60. The number of nitrogens with one attached hydrogen (secondary N) is 1. The number of ketones is 1. The lowest BCUT2D eigenvalue weighted by molar-refractivity contribution is -0.143. The largest absolute Gasteiger partial charge is 0.490 e. The van der Waals surface area contributed by atoms with Gasteiger partial charge in [0, 0.05) is 24.1 Å². The molecule has 1 amide bonds. The van der Waals surface area contributed by atoms with Crippen LogP contribution in [0.15, 0.2) is 42.5 Å². The van der Waals surface area contributed by atoms with E-state index in [4.69, 9.17) is 9.84 Å². The highest BCUT2D eigenvalue weighted by Crippen LogP contribution is 2.41. The molecule has 6 nitrogen and oxygen atoms in total. The summed E-state index contributed by atoms with van der Waals surface area (Å²) >= 11 is 0. The average molecular weight is 468 g/mol. The monoisotopic (exact) mass is 467 g/mol. The van der Waals surface area contributed by atoms with Gasteiger partial charge in [0.1, 0.15) is 11.6 Å². The van der Waals surface area contributed by atoms with E-state index in [0.29, 0.717) is 67.0 Å². The fourth-order valence-corrected chi connectivity index (χ4v) is 4.43. The number of carboxylic acids is 1. The van der Waals surface area contributed by atoms with E-state index in [1.807, 2.05) is 0 Å². The molecule has 7 heteroatoms. The number of carbonyl (C=O) groups is 3. The van der Waals surface area contributed by atoms with Crippen molar-refractivity contribution < 1.29 is 28.6 Å². The number of carbonyl (C=O) groups excluding carboxylic acids is 2. The van der Waals surface area contributed by atoms with Gasteiger partial charge >= 0.3 is 5.97 Å². The molecule has 180 valence electrons. The summed E-state index contributed by atoms with van der Waals surface area (Å²) in [5.41, 5.74) is 1.55. The fourth-order valence-electron chi connectivity index (χ4n) is 4.43. The van der Waals surface area contributed by atoms with Crippen LogP contribution in [0.3, 0.4) is 0 Å². The Labute approximate surface area is 198 Å². The van der Waals surface area contributed by atoms with Gasteiger partial charge in [0.15, 0.2) is 5.78 Å². The maximum Gasteiger partial charge on any atom is 0.306 e. The molecule has 0 unspecified atom stereocenters. The standard InChI is InChI=1S/C27H30FNO5/c28-24-16-20(9-14-23(24)17-3-4-17)26(31)29-15-1-2-25(30)18-5-10-21(11-6-18)34-22-12-7-19(8-13-22)27(32)33/h5-6,9-11,14,16-17,19,22H,1-4,7-8,12-13,15H2,(H,29,31)(H,32,33). The van der Waals surface area contributed by atoms with Crippen molar-refractivity contribution in [3.05, 3.63) is 65.0 Å². The van der Waals surface area contributed by atoms with Gasteiger partial charge in [-0.3, -0.25) is 14.4 Å². The zero-order valence-electron chi connectivity index (χ0n) is 19.1. The molecular formula is C27H30FNO5. The summed E-state index contributed by atoms with van der Waals surface area (Å²) in [4.78, 5) is 35.8. The number of benzene rings is 2. The summed E-state index contributed by atoms with van der Waals surface area (Å²) in [6.45, 7) is 0.330. The number of Topliss-reactive ketones (excluding diaryl/α,β-unsaturated/α-hetero) is 1. The van der Waals surface area contributed by atoms with E-state index in [1.54, 1.807) is 36.4 Å². The van der Waals surface area contributed by atoms with Crippen molar-refractivity contribution in [2.45, 2.75) is 63.4 Å². The predicted octanol–water partition coefficient (Wildman–Crippen LogP) is 5.12. The number of halogens is 1. The Morgan fingerprint density at radius 2 is 1.62 bits per heavy atom. The molecule has 0 atom stereocenters. The smallest absolute Gasteiger partial charge is 0.306 e. The van der Waals surface area contributed by atoms with Gasteiger partial charge in [-0.2, -0.15) is 0 Å². The van der Waals surface area contributed by atoms with Crippen LogP contribution in [0.4, 0.5) is 4.39 Å². The maximum atomic E-state index is 14.1. The first-order chi connectivity index (χ1) is 16.4. The van der Waals surface area contributed by atoms with Gasteiger partial charge in [-0.25, -0.2) is 4.39 Å². The van der Waals surface area contributed by atoms with Crippen LogP contribution in [0.25, 0.3) is 0 Å². The van der Waals surface area contributed by atoms with Crippen molar-refractivity contribution in [1.29, 1.82) is 0 Å². The van der Waals surface area contributed by atoms with E-state index in [-0.39, 0.29) is 36.0 Å². The van der Waals surface area contributed by atoms with Crippen LogP contribution < -0.4 is 10.1 Å². The molecule has 0 aliphatic heterocycles. The van der Waals surface area contributed by atoms with E-state index >= 15 is 0 Å². The van der Waals surface area contributed by atoms with Crippen LogP contribution in [0, 0.1) is 11.7 Å². The molecule has 0 aromatic heterocycles. The van der Waals surface area contributed by atoms with Crippen LogP contribution in [-0.4, -0.2) is 35.4 Å². The lowest BCUT2D eigenvalue weighted by Gasteiger charge is -2.26. The van der Waals surface area contributed by atoms with Gasteiger partial charge in [-0.1, -0.05) is 6.07 Å². The number of ether oxygens (including phenoxy) is 1. The third-order valence-corrected chi connectivity index (χ3v) is 6.65. The first-order valence-corrected chi connectivity index (χ1v) is 12.0. The molecule has 2 aliphatic carbocycles. The number of rotatable bonds is 10. The van der Waals surface area contributed by atoms with Gasteiger partial charge in [-0.05, 0) is 92.8 Å². The van der Waals surface area contributed by atoms with Crippen LogP contribution in [-0.2, 0) is 4.79 Å². The highest BCUT2D eigenvalue weighted by Gasteiger charge is 2.27. The lowest BCUT2D eigenvalue weighted by atomic mass is 9.87. The summed E-state index contributed by atoms with van der Waals surface area (Å²) in [6, 6.07) is 11.6. The minimum absolute atomic E-state index is 0.000789. The average Bonchev–Trinajstić information content (AvgIpc) is 3.67. The maximum absolute atomic E-state index is 14.1. The van der Waals surface area contributed by atoms with Crippen LogP contribution in [0.2, 0.25) is 0 Å². The summed E-state index contributed by atoms with van der Waals surface area (Å²) < 4.78 is 20.1. The SMILES string of the molecule is O=C(CCCNC(=O)c1ccc(C2CC2)c(F)c1)c1ccc(OC2CCC(C(=O)O)CC2)cc1. The van der Waals surface area contributed by atoms with Crippen molar-refractivity contribution in [2.24, 2.45) is 5.92 Å². The third kappa shape index (κ3) is 6.22. The topological polar surface area (TPSA) is 92.7 Å². The molecular weight excluding hydrogens is 437 g/mol. The number of hydrogen-bond donors (Lipinski definition) is 2. The van der Waals surface area contributed by atoms with E-state index in [9.17, 15) is 18.8 Å². The number of carboxylic acid groups (broad SMARTS) is 1. The summed E-state index contributed by atoms with van der Waals surface area (Å²) in [6.07, 6.45) is 5.43. The molecule has 2 saturated carbocycles. The fraction of sp³-hybridized carbons (Fsp3) is 0.444. The van der Waals surface area contributed by atoms with Crippen molar-refractivity contribution in [3.8, 4) is 5.75 Å². The molecule has 0 spiro atoms. The van der Waals surface area contributed by atoms with E-state index in [0.717, 1.165) is 12.8 Å². The van der Waals surface area contributed by atoms with Gasteiger partial charge in [0.2, 0.25) is 0 Å². The summed E-state index contributed by atoms with van der Waals surface area (Å²) in [5, 5.41) is 11.8. The molecule has 2 aromatic carbocycles. The zero-order valence-corrected chi connectivity index (χ0v) is 19.1. The van der Waals surface area contributed by atoms with Gasteiger partial charge in [0.25, 0.3) is 5.91 Å². The Morgan fingerprint density at radius 1 is 0.941 bits per heavy atom. The predicted molar refractivity (Wildman–Crippen MR) is 125 cm³/mol. The van der Waals surface area contributed by atoms with Crippen molar-refractivity contribution in [3.63, 3.8) is 0 Å². The summed E-state index contributed by atoms with van der Waals surface area (Å²) in [7, 11) is 0. The quantitative estimate of drug-likeness (QED) is 0.374. The molecule has 34 heavy (non-hydrogen) atoms. The Balaban J connectivity index is 1.17. The first-order valence-electron chi connectivity index (χ1n) is 12.0.